The molecule has 3 nitrogen and oxygen atoms in total. The van der Waals surface area contributed by atoms with E-state index in [2.05, 4.69) is 43.5 Å². The van der Waals surface area contributed by atoms with Crippen LogP contribution in [0.25, 0.3) is 0 Å². The van der Waals surface area contributed by atoms with Gasteiger partial charge in [-0.2, -0.15) is 0 Å². The minimum Gasteiger partial charge on any atom is -0.489 e. The quantitative estimate of drug-likeness (QED) is 0.291. The lowest BCUT2D eigenvalue weighted by Gasteiger charge is -2.06. The summed E-state index contributed by atoms with van der Waals surface area (Å²) in [6, 6.07) is 35.9. The maximum absolute atomic E-state index is 5.71. The molecule has 0 fully saturated rings. The second-order valence-corrected chi connectivity index (χ2v) is 6.75. The predicted molar refractivity (Wildman–Crippen MR) is 133 cm³/mol. The first kappa shape index (κ1) is 23.3. The molecule has 0 aliphatic carbocycles. The van der Waals surface area contributed by atoms with Crippen LogP contribution in [-0.4, -0.2) is 0 Å². The third kappa shape index (κ3) is 8.92. The highest BCUT2D eigenvalue weighted by Crippen LogP contribution is 2.16. The number of hydrogen-bond acceptors (Lipinski definition) is 3. The molecule has 0 aromatic heterocycles. The molecule has 0 aliphatic rings. The number of benzene rings is 4. The van der Waals surface area contributed by atoms with Gasteiger partial charge in [-0.1, -0.05) is 78.9 Å². The molecule has 0 spiro atoms. The largest absolute Gasteiger partial charge is 0.489 e. The second-order valence-electron chi connectivity index (χ2n) is 6.75. The van der Waals surface area contributed by atoms with Gasteiger partial charge in [-0.25, -0.2) is 0 Å². The fraction of sp³-hybridized carbons (Fsp3) is 0.0714. The number of rotatable bonds is 5. The molecule has 0 heterocycles. The van der Waals surface area contributed by atoms with Crippen molar-refractivity contribution in [1.29, 1.82) is 0 Å². The minimum atomic E-state index is 0.574. The summed E-state index contributed by atoms with van der Waals surface area (Å²) in [4.78, 5) is 0. The van der Waals surface area contributed by atoms with Gasteiger partial charge in [0.2, 0.25) is 0 Å². The van der Waals surface area contributed by atoms with Gasteiger partial charge in [-0.15, -0.1) is 13.2 Å². The van der Waals surface area contributed by atoms with Crippen LogP contribution in [0.2, 0.25) is 0 Å². The van der Waals surface area contributed by atoms with Gasteiger partial charge in [0, 0.05) is 17.4 Å². The smallest absolute Gasteiger partial charge is 0.121 e. The molecule has 0 atom stereocenters. The first-order valence-electron chi connectivity index (χ1n) is 10.1. The first-order chi connectivity index (χ1) is 15.2. The summed E-state index contributed by atoms with van der Waals surface area (Å²) in [5.41, 5.74) is 16.6. The van der Waals surface area contributed by atoms with Crippen molar-refractivity contribution in [3.8, 4) is 5.75 Å². The average Bonchev–Trinajstić information content (AvgIpc) is 2.81. The van der Waals surface area contributed by atoms with Crippen LogP contribution in [0.1, 0.15) is 16.7 Å². The van der Waals surface area contributed by atoms with Gasteiger partial charge in [0.05, 0.1) is 0 Å². The van der Waals surface area contributed by atoms with Crippen molar-refractivity contribution >= 4 is 11.4 Å². The summed E-state index contributed by atoms with van der Waals surface area (Å²) in [5.74, 6) is 0.804. The normalized spacial score (nSPS) is 9.42. The van der Waals surface area contributed by atoms with Crippen LogP contribution < -0.4 is 16.2 Å². The summed E-state index contributed by atoms with van der Waals surface area (Å²) in [6.07, 6.45) is 0.950. The van der Waals surface area contributed by atoms with Crippen LogP contribution in [0.4, 0.5) is 11.4 Å². The molecule has 0 unspecified atom stereocenters. The summed E-state index contributed by atoms with van der Waals surface area (Å²) in [5, 5.41) is 0. The van der Waals surface area contributed by atoms with Gasteiger partial charge < -0.3 is 16.2 Å². The Kier molecular flexibility index (Phi) is 9.98. The molecular formula is C28H30N2O. The van der Waals surface area contributed by atoms with E-state index in [1.807, 2.05) is 78.9 Å². The average molecular weight is 411 g/mol. The van der Waals surface area contributed by atoms with Gasteiger partial charge in [0.1, 0.15) is 12.4 Å². The fourth-order valence-electron chi connectivity index (χ4n) is 2.88. The highest BCUT2D eigenvalue weighted by Gasteiger charge is 1.96. The van der Waals surface area contributed by atoms with Crippen molar-refractivity contribution < 1.29 is 4.74 Å². The highest BCUT2D eigenvalue weighted by atomic mass is 16.5. The Balaban J connectivity index is 0.000000204. The maximum Gasteiger partial charge on any atom is 0.121 e. The van der Waals surface area contributed by atoms with E-state index >= 15 is 0 Å². The summed E-state index contributed by atoms with van der Waals surface area (Å²) < 4.78 is 5.59. The number of hydrogen-bond donors (Lipinski definition) is 2. The Morgan fingerprint density at radius 1 is 0.548 bits per heavy atom. The number of nitrogen functional groups attached to an aromatic ring is 2. The third-order valence-electron chi connectivity index (χ3n) is 4.31. The molecule has 4 rings (SSSR count). The van der Waals surface area contributed by atoms with E-state index in [9.17, 15) is 0 Å². The second kappa shape index (κ2) is 13.3. The van der Waals surface area contributed by atoms with E-state index in [4.69, 9.17) is 16.2 Å². The SMILES string of the molecule is C=C.Nc1cccc(Cc2ccccc2)c1.Nc1cccc(OCc2ccccc2)c1. The summed E-state index contributed by atoms with van der Waals surface area (Å²) in [6.45, 7) is 6.57. The molecule has 158 valence electrons. The standard InChI is InChI=1S/C13H13NO.C13H13N.C2H4/c14-12-7-4-8-13(9-12)15-10-11-5-2-1-3-6-11;14-13-8-4-7-12(10-13)9-11-5-2-1-3-6-11;1-2/h1-9H,10,14H2;1-8,10H,9,14H2;1-2H2. The molecular weight excluding hydrogens is 380 g/mol. The zero-order valence-corrected chi connectivity index (χ0v) is 17.8. The zero-order chi connectivity index (χ0) is 22.3. The Hall–Kier alpha value is -3.98. The van der Waals surface area contributed by atoms with Crippen LogP contribution in [0.15, 0.2) is 122 Å². The third-order valence-corrected chi connectivity index (χ3v) is 4.31. The van der Waals surface area contributed by atoms with Gasteiger partial charge >= 0.3 is 0 Å². The number of ether oxygens (including phenoxy) is 1. The molecule has 0 radical (unpaired) electrons. The van der Waals surface area contributed by atoms with Crippen LogP contribution in [0, 0.1) is 0 Å². The molecule has 0 bridgehead atoms. The van der Waals surface area contributed by atoms with Crippen LogP contribution in [-0.2, 0) is 13.0 Å². The van der Waals surface area contributed by atoms with E-state index in [0.717, 1.165) is 29.1 Å². The summed E-state index contributed by atoms with van der Waals surface area (Å²) >= 11 is 0. The Morgan fingerprint density at radius 3 is 1.65 bits per heavy atom. The van der Waals surface area contributed by atoms with Crippen molar-refractivity contribution in [3.63, 3.8) is 0 Å². The van der Waals surface area contributed by atoms with E-state index in [1.165, 1.54) is 11.1 Å². The van der Waals surface area contributed by atoms with Crippen LogP contribution in [0.3, 0.4) is 0 Å². The highest BCUT2D eigenvalue weighted by molar-refractivity contribution is 5.44. The van der Waals surface area contributed by atoms with Gasteiger partial charge in [0.15, 0.2) is 0 Å². The minimum absolute atomic E-state index is 0.574. The van der Waals surface area contributed by atoms with Crippen LogP contribution in [0.5, 0.6) is 5.75 Å². The van der Waals surface area contributed by atoms with Crippen LogP contribution >= 0.6 is 0 Å². The first-order valence-corrected chi connectivity index (χ1v) is 10.1. The fourth-order valence-corrected chi connectivity index (χ4v) is 2.88. The van der Waals surface area contributed by atoms with Gasteiger partial charge in [0.25, 0.3) is 0 Å². The van der Waals surface area contributed by atoms with E-state index in [0.29, 0.717) is 6.61 Å². The Bertz CT molecular complexity index is 1020. The zero-order valence-electron chi connectivity index (χ0n) is 17.8. The molecule has 0 saturated heterocycles. The molecule has 4 aromatic rings. The van der Waals surface area contributed by atoms with Crippen molar-refractivity contribution in [3.05, 3.63) is 139 Å². The van der Waals surface area contributed by atoms with Crippen molar-refractivity contribution in [1.82, 2.24) is 0 Å². The molecule has 0 saturated carbocycles. The predicted octanol–water partition coefficient (Wildman–Crippen LogP) is 6.51. The van der Waals surface area contributed by atoms with E-state index in [1.54, 1.807) is 0 Å². The Labute approximate surface area is 185 Å². The van der Waals surface area contributed by atoms with Crippen molar-refractivity contribution in [2.75, 3.05) is 11.5 Å². The Morgan fingerprint density at radius 2 is 1.06 bits per heavy atom. The molecule has 0 aliphatic heterocycles. The molecule has 4 aromatic carbocycles. The lowest BCUT2D eigenvalue weighted by atomic mass is 10.0. The monoisotopic (exact) mass is 410 g/mol. The molecule has 31 heavy (non-hydrogen) atoms. The number of anilines is 2. The maximum atomic E-state index is 5.71. The molecule has 3 heteroatoms. The lowest BCUT2D eigenvalue weighted by Crippen LogP contribution is -1.95. The number of nitrogens with two attached hydrogens (primary N) is 2. The summed E-state index contributed by atoms with van der Waals surface area (Å²) in [7, 11) is 0. The van der Waals surface area contributed by atoms with E-state index < -0.39 is 0 Å². The van der Waals surface area contributed by atoms with Crippen molar-refractivity contribution in [2.45, 2.75) is 13.0 Å². The molecule has 4 N–H and O–H groups in total. The van der Waals surface area contributed by atoms with Gasteiger partial charge in [-0.05, 0) is 47.4 Å². The lowest BCUT2D eigenvalue weighted by molar-refractivity contribution is 0.306. The van der Waals surface area contributed by atoms with E-state index in [-0.39, 0.29) is 0 Å². The van der Waals surface area contributed by atoms with Gasteiger partial charge in [-0.3, -0.25) is 0 Å². The topological polar surface area (TPSA) is 61.3 Å². The van der Waals surface area contributed by atoms with Crippen molar-refractivity contribution in [2.24, 2.45) is 0 Å². The molecule has 0 amide bonds.